The maximum Gasteiger partial charge on any atom is 0.320 e. The second kappa shape index (κ2) is 8.01. The van der Waals surface area contributed by atoms with E-state index in [1.54, 1.807) is 11.0 Å². The molecule has 32 heavy (non-hydrogen) atoms. The monoisotopic (exact) mass is 465 g/mol. The zero-order valence-corrected chi connectivity index (χ0v) is 19.4. The highest BCUT2D eigenvalue weighted by atomic mass is 35.5. The van der Waals surface area contributed by atoms with Crippen molar-refractivity contribution in [1.82, 2.24) is 14.7 Å². The summed E-state index contributed by atoms with van der Waals surface area (Å²) in [4.78, 5) is 29.6. The average Bonchev–Trinajstić information content (AvgIpc) is 2.70. The number of rotatable bonds is 2. The molecular weight excluding hydrogens is 436 g/mol. The molecule has 3 aliphatic heterocycles. The van der Waals surface area contributed by atoms with Crippen molar-refractivity contribution in [3.05, 3.63) is 47.5 Å². The zero-order chi connectivity index (χ0) is 23.3. The van der Waals surface area contributed by atoms with Gasteiger partial charge in [0.25, 0.3) is 5.92 Å². The van der Waals surface area contributed by atoms with E-state index in [1.165, 1.54) is 9.80 Å². The van der Waals surface area contributed by atoms with E-state index in [9.17, 15) is 9.59 Å². The number of urea groups is 1. The fraction of sp³-hybridized carbons (Fsp3) is 0.583. The summed E-state index contributed by atoms with van der Waals surface area (Å²) in [6.07, 6.45) is 2.83. The predicted molar refractivity (Wildman–Crippen MR) is 120 cm³/mol. The normalized spacial score (nSPS) is 25.9. The molecule has 0 radical (unpaired) electrons. The lowest BCUT2D eigenvalue weighted by atomic mass is 9.69. The number of benzene rings is 1. The average molecular weight is 466 g/mol. The first kappa shape index (κ1) is 23.0. The van der Waals surface area contributed by atoms with E-state index >= 15 is 8.78 Å². The first-order valence-corrected chi connectivity index (χ1v) is 11.5. The Morgan fingerprint density at radius 3 is 2.41 bits per heavy atom. The van der Waals surface area contributed by atoms with Gasteiger partial charge in [-0.1, -0.05) is 50.2 Å². The van der Waals surface area contributed by atoms with Gasteiger partial charge in [0.15, 0.2) is 0 Å². The SMILES string of the molecule is C=CC(=O)N1CC2(CCN(C(=O)N3CCC(C)(C)C[C@H]3c3ccccc3Cl)CC2(F)F)C1. The summed E-state index contributed by atoms with van der Waals surface area (Å²) in [5.41, 5.74) is -0.383. The first-order valence-electron chi connectivity index (χ1n) is 11.1. The molecule has 1 spiro atoms. The van der Waals surface area contributed by atoms with Crippen molar-refractivity contribution in [2.45, 2.75) is 45.1 Å². The number of amides is 3. The molecular formula is C24H30ClF2N3O2. The molecule has 1 aromatic rings. The molecule has 5 nitrogen and oxygen atoms in total. The smallest absolute Gasteiger partial charge is 0.320 e. The lowest BCUT2D eigenvalue weighted by molar-refractivity contribution is -0.218. The molecule has 0 N–H and O–H groups in total. The number of nitrogens with zero attached hydrogens (tertiary/aromatic N) is 3. The molecule has 0 aliphatic carbocycles. The summed E-state index contributed by atoms with van der Waals surface area (Å²) in [6.45, 7) is 7.87. The van der Waals surface area contributed by atoms with Crippen LogP contribution in [0.2, 0.25) is 5.02 Å². The van der Waals surface area contributed by atoms with Gasteiger partial charge in [-0.15, -0.1) is 0 Å². The summed E-state index contributed by atoms with van der Waals surface area (Å²) in [5, 5.41) is 0.581. The largest absolute Gasteiger partial charge is 0.337 e. The Morgan fingerprint density at radius 1 is 1.09 bits per heavy atom. The van der Waals surface area contributed by atoms with E-state index in [1.807, 2.05) is 18.2 Å². The molecule has 1 aromatic carbocycles. The first-order chi connectivity index (χ1) is 15.0. The summed E-state index contributed by atoms with van der Waals surface area (Å²) in [5.74, 6) is -3.39. The number of carbonyl (C=O) groups excluding carboxylic acids is 2. The highest BCUT2D eigenvalue weighted by Gasteiger charge is 2.64. The van der Waals surface area contributed by atoms with Crippen LogP contribution in [0.3, 0.4) is 0 Å². The Morgan fingerprint density at radius 2 is 1.78 bits per heavy atom. The molecule has 0 saturated carbocycles. The van der Waals surface area contributed by atoms with Crippen molar-refractivity contribution in [2.24, 2.45) is 10.8 Å². The zero-order valence-electron chi connectivity index (χ0n) is 18.6. The molecule has 1 atom stereocenters. The van der Waals surface area contributed by atoms with Crippen LogP contribution >= 0.6 is 11.6 Å². The minimum atomic E-state index is -3.06. The van der Waals surface area contributed by atoms with Crippen LogP contribution in [0, 0.1) is 10.8 Å². The van der Waals surface area contributed by atoms with Crippen molar-refractivity contribution < 1.29 is 18.4 Å². The maximum atomic E-state index is 15.2. The van der Waals surface area contributed by atoms with Crippen LogP contribution in [-0.4, -0.2) is 65.3 Å². The molecule has 3 amide bonds. The van der Waals surface area contributed by atoms with Crippen LogP contribution in [-0.2, 0) is 4.79 Å². The highest BCUT2D eigenvalue weighted by Crippen LogP contribution is 2.51. The van der Waals surface area contributed by atoms with Gasteiger partial charge in [-0.3, -0.25) is 4.79 Å². The van der Waals surface area contributed by atoms with Crippen molar-refractivity contribution in [3.8, 4) is 0 Å². The molecule has 0 bridgehead atoms. The van der Waals surface area contributed by atoms with Crippen molar-refractivity contribution in [1.29, 1.82) is 0 Å². The highest BCUT2D eigenvalue weighted by molar-refractivity contribution is 6.31. The van der Waals surface area contributed by atoms with E-state index in [-0.39, 0.29) is 49.5 Å². The van der Waals surface area contributed by atoms with Gasteiger partial charge in [-0.2, -0.15) is 0 Å². The summed E-state index contributed by atoms with van der Waals surface area (Å²) in [7, 11) is 0. The van der Waals surface area contributed by atoms with Gasteiger partial charge in [0, 0.05) is 31.2 Å². The summed E-state index contributed by atoms with van der Waals surface area (Å²) < 4.78 is 30.5. The molecule has 8 heteroatoms. The van der Waals surface area contributed by atoms with Crippen molar-refractivity contribution in [3.63, 3.8) is 0 Å². The van der Waals surface area contributed by atoms with Crippen LogP contribution in [0.15, 0.2) is 36.9 Å². The topological polar surface area (TPSA) is 43.9 Å². The molecule has 0 aromatic heterocycles. The third-order valence-corrected chi connectivity index (χ3v) is 7.78. The Labute approximate surface area is 193 Å². The number of hydrogen-bond acceptors (Lipinski definition) is 2. The maximum absolute atomic E-state index is 15.2. The van der Waals surface area contributed by atoms with E-state index in [0.29, 0.717) is 11.6 Å². The molecule has 4 rings (SSSR count). The molecule has 3 heterocycles. The van der Waals surface area contributed by atoms with Crippen LogP contribution in [0.4, 0.5) is 13.6 Å². The number of likely N-dealkylation sites (tertiary alicyclic amines) is 3. The minimum absolute atomic E-state index is 0.00698. The Kier molecular flexibility index (Phi) is 5.76. The Bertz CT molecular complexity index is 930. The van der Waals surface area contributed by atoms with Gasteiger partial charge >= 0.3 is 6.03 Å². The van der Waals surface area contributed by atoms with E-state index in [2.05, 4.69) is 20.4 Å². The molecule has 3 fully saturated rings. The summed E-state index contributed by atoms with van der Waals surface area (Å²) >= 11 is 6.46. The van der Waals surface area contributed by atoms with E-state index in [0.717, 1.165) is 24.5 Å². The lowest BCUT2D eigenvalue weighted by Gasteiger charge is -2.57. The molecule has 174 valence electrons. The number of alkyl halides is 2. The number of carbonyl (C=O) groups is 2. The number of hydrogen-bond donors (Lipinski definition) is 0. The van der Waals surface area contributed by atoms with Gasteiger partial charge in [0.05, 0.1) is 18.0 Å². The molecule has 3 aliphatic rings. The third kappa shape index (κ3) is 3.89. The molecule has 3 saturated heterocycles. The van der Waals surface area contributed by atoms with Crippen LogP contribution < -0.4 is 0 Å². The van der Waals surface area contributed by atoms with Crippen LogP contribution in [0.5, 0.6) is 0 Å². The van der Waals surface area contributed by atoms with Gasteiger partial charge in [0.2, 0.25) is 5.91 Å². The summed E-state index contributed by atoms with van der Waals surface area (Å²) in [6, 6.07) is 6.82. The van der Waals surface area contributed by atoms with Gasteiger partial charge in [0.1, 0.15) is 0 Å². The van der Waals surface area contributed by atoms with Crippen molar-refractivity contribution >= 4 is 23.5 Å². The van der Waals surface area contributed by atoms with Crippen molar-refractivity contribution in [2.75, 3.05) is 32.7 Å². The van der Waals surface area contributed by atoms with Crippen LogP contribution in [0.25, 0.3) is 0 Å². The van der Waals surface area contributed by atoms with Crippen LogP contribution in [0.1, 0.15) is 44.7 Å². The Balaban J connectivity index is 1.52. The third-order valence-electron chi connectivity index (χ3n) is 7.43. The predicted octanol–water partition coefficient (Wildman–Crippen LogP) is 4.98. The Hall–Kier alpha value is -2.15. The lowest BCUT2D eigenvalue weighted by Crippen LogP contribution is -2.71. The van der Waals surface area contributed by atoms with Gasteiger partial charge in [-0.25, -0.2) is 13.6 Å². The second-order valence-electron chi connectivity index (χ2n) is 10.2. The molecule has 0 unspecified atom stereocenters. The van der Waals surface area contributed by atoms with Gasteiger partial charge in [-0.05, 0) is 42.4 Å². The number of piperidine rings is 2. The van der Waals surface area contributed by atoms with E-state index < -0.39 is 17.9 Å². The standard InChI is InChI=1S/C24H30ClF2N3O2/c1-4-20(31)29-14-23(15-29)10-11-28(16-24(23,26)27)21(32)30-12-9-22(2,3)13-19(30)17-7-5-6-8-18(17)25/h4-8,19H,1,9-16H2,2-3H3/t19-/m0/s1. The number of halogens is 3. The van der Waals surface area contributed by atoms with Gasteiger partial charge < -0.3 is 14.7 Å². The fourth-order valence-electron chi connectivity index (χ4n) is 5.29. The minimum Gasteiger partial charge on any atom is -0.337 e. The van der Waals surface area contributed by atoms with E-state index in [4.69, 9.17) is 11.6 Å². The fourth-order valence-corrected chi connectivity index (χ4v) is 5.55. The quantitative estimate of drug-likeness (QED) is 0.578. The second-order valence-corrected chi connectivity index (χ2v) is 10.6.